The molecule has 0 spiro atoms. The van der Waals surface area contributed by atoms with Gasteiger partial charge in [-0.3, -0.25) is 4.79 Å². The lowest BCUT2D eigenvalue weighted by molar-refractivity contribution is -0.134. The van der Waals surface area contributed by atoms with E-state index in [1.807, 2.05) is 0 Å². The number of hydrogen-bond donors (Lipinski definition) is 3. The Morgan fingerprint density at radius 3 is 2.59 bits per heavy atom. The van der Waals surface area contributed by atoms with E-state index >= 15 is 0 Å². The zero-order valence-electron chi connectivity index (χ0n) is 10.2. The van der Waals surface area contributed by atoms with E-state index in [4.69, 9.17) is 4.74 Å². The fraction of sp³-hybridized carbons (Fsp3) is 0.750. The first-order chi connectivity index (χ1) is 7.63. The molecule has 1 heterocycles. The molecule has 1 aliphatic carbocycles. The summed E-state index contributed by atoms with van der Waals surface area (Å²) in [5, 5.41) is 29.3. The van der Waals surface area contributed by atoms with E-state index in [1.165, 1.54) is 13.0 Å². The van der Waals surface area contributed by atoms with Gasteiger partial charge in [0.05, 0.1) is 11.7 Å². The van der Waals surface area contributed by atoms with Crippen LogP contribution in [0.4, 0.5) is 0 Å². The van der Waals surface area contributed by atoms with Crippen LogP contribution < -0.4 is 0 Å². The van der Waals surface area contributed by atoms with E-state index in [2.05, 4.69) is 0 Å². The Balaban J connectivity index is 2.17. The smallest absolute Gasteiger partial charge is 0.187 e. The molecule has 0 saturated carbocycles. The maximum Gasteiger partial charge on any atom is 0.187 e. The summed E-state index contributed by atoms with van der Waals surface area (Å²) < 4.78 is 5.30. The molecular formula is C12H18O5. The van der Waals surface area contributed by atoms with Crippen LogP contribution in [-0.4, -0.2) is 50.6 Å². The quantitative estimate of drug-likeness (QED) is 0.570. The van der Waals surface area contributed by atoms with Crippen LogP contribution in [0.25, 0.3) is 0 Å². The third kappa shape index (κ3) is 2.28. The Bertz CT molecular complexity index is 377. The number of epoxide rings is 1. The van der Waals surface area contributed by atoms with Crippen LogP contribution in [0.15, 0.2) is 11.6 Å². The SMILES string of the molecule is CC(C)(O)[C@H]1O[C@@H]1C1=CC(=O)[C@](C)(O)C[C@@H]1O. The second-order valence-electron chi connectivity index (χ2n) is 5.63. The average Bonchev–Trinajstić information content (AvgIpc) is 2.88. The molecule has 0 aromatic heterocycles. The highest BCUT2D eigenvalue weighted by molar-refractivity contribution is 5.98. The molecule has 17 heavy (non-hydrogen) atoms. The molecule has 0 bridgehead atoms. The van der Waals surface area contributed by atoms with Gasteiger partial charge in [-0.2, -0.15) is 0 Å². The maximum atomic E-state index is 11.6. The molecule has 1 aliphatic heterocycles. The van der Waals surface area contributed by atoms with E-state index in [0.717, 1.165) is 0 Å². The molecule has 0 unspecified atom stereocenters. The normalized spacial score (nSPS) is 42.4. The first-order valence-electron chi connectivity index (χ1n) is 5.67. The number of aliphatic hydroxyl groups is 3. The summed E-state index contributed by atoms with van der Waals surface area (Å²) in [6, 6.07) is 0. The predicted octanol–water partition coefficient (Wildman–Crippen LogP) is -0.464. The fourth-order valence-corrected chi connectivity index (χ4v) is 2.17. The molecule has 1 fully saturated rings. The summed E-state index contributed by atoms with van der Waals surface area (Å²) in [4.78, 5) is 11.6. The average molecular weight is 242 g/mol. The molecule has 2 rings (SSSR count). The van der Waals surface area contributed by atoms with Gasteiger partial charge in [0, 0.05) is 6.42 Å². The van der Waals surface area contributed by atoms with Crippen LogP contribution in [0.2, 0.25) is 0 Å². The molecule has 96 valence electrons. The molecule has 0 aromatic rings. The van der Waals surface area contributed by atoms with Gasteiger partial charge in [-0.1, -0.05) is 0 Å². The summed E-state index contributed by atoms with van der Waals surface area (Å²) in [7, 11) is 0. The van der Waals surface area contributed by atoms with Crippen LogP contribution in [0.5, 0.6) is 0 Å². The van der Waals surface area contributed by atoms with E-state index < -0.39 is 35.3 Å². The Kier molecular flexibility index (Phi) is 2.70. The van der Waals surface area contributed by atoms with Gasteiger partial charge in [0.2, 0.25) is 0 Å². The van der Waals surface area contributed by atoms with Crippen molar-refractivity contribution in [3.05, 3.63) is 11.6 Å². The van der Waals surface area contributed by atoms with Gasteiger partial charge in [-0.15, -0.1) is 0 Å². The van der Waals surface area contributed by atoms with Gasteiger partial charge in [0.15, 0.2) is 5.78 Å². The van der Waals surface area contributed by atoms with Crippen LogP contribution in [0, 0.1) is 0 Å². The van der Waals surface area contributed by atoms with Gasteiger partial charge >= 0.3 is 0 Å². The second-order valence-corrected chi connectivity index (χ2v) is 5.63. The molecule has 3 N–H and O–H groups in total. The Labute approximate surface area is 99.7 Å². The Morgan fingerprint density at radius 2 is 2.12 bits per heavy atom. The monoisotopic (exact) mass is 242 g/mol. The van der Waals surface area contributed by atoms with Crippen LogP contribution in [0.3, 0.4) is 0 Å². The van der Waals surface area contributed by atoms with E-state index in [9.17, 15) is 20.1 Å². The van der Waals surface area contributed by atoms with Crippen LogP contribution in [-0.2, 0) is 9.53 Å². The topological polar surface area (TPSA) is 90.3 Å². The van der Waals surface area contributed by atoms with Gasteiger partial charge in [0.1, 0.15) is 17.8 Å². The lowest BCUT2D eigenvalue weighted by Gasteiger charge is -2.29. The minimum absolute atomic E-state index is 0.0316. The molecule has 4 atom stereocenters. The van der Waals surface area contributed by atoms with E-state index in [0.29, 0.717) is 5.57 Å². The molecule has 5 heteroatoms. The van der Waals surface area contributed by atoms with E-state index in [1.54, 1.807) is 13.8 Å². The minimum Gasteiger partial charge on any atom is -0.389 e. The number of ether oxygens (including phenoxy) is 1. The summed E-state index contributed by atoms with van der Waals surface area (Å²) in [5.74, 6) is -0.428. The van der Waals surface area contributed by atoms with Crippen LogP contribution in [0.1, 0.15) is 27.2 Å². The number of hydrogen-bond acceptors (Lipinski definition) is 5. The Morgan fingerprint density at radius 1 is 1.53 bits per heavy atom. The lowest BCUT2D eigenvalue weighted by atomic mass is 9.81. The minimum atomic E-state index is -1.51. The Hall–Kier alpha value is -0.750. The molecule has 1 saturated heterocycles. The fourth-order valence-electron chi connectivity index (χ4n) is 2.17. The molecule has 5 nitrogen and oxygen atoms in total. The highest BCUT2D eigenvalue weighted by Gasteiger charge is 2.54. The first-order valence-corrected chi connectivity index (χ1v) is 5.67. The van der Waals surface area contributed by atoms with Crippen LogP contribution >= 0.6 is 0 Å². The van der Waals surface area contributed by atoms with Crippen molar-refractivity contribution in [3.63, 3.8) is 0 Å². The zero-order valence-corrected chi connectivity index (χ0v) is 10.2. The number of carbonyl (C=O) groups is 1. The van der Waals surface area contributed by atoms with Crippen molar-refractivity contribution < 1.29 is 24.9 Å². The predicted molar refractivity (Wildman–Crippen MR) is 59.3 cm³/mol. The van der Waals surface area contributed by atoms with E-state index in [-0.39, 0.29) is 6.42 Å². The number of aliphatic hydroxyl groups excluding tert-OH is 1. The lowest BCUT2D eigenvalue weighted by Crippen LogP contribution is -2.43. The summed E-state index contributed by atoms with van der Waals surface area (Å²) >= 11 is 0. The summed E-state index contributed by atoms with van der Waals surface area (Å²) in [6.07, 6.45) is -0.523. The molecule has 0 amide bonds. The van der Waals surface area contributed by atoms with Crippen molar-refractivity contribution in [2.45, 2.75) is 56.7 Å². The molecule has 0 radical (unpaired) electrons. The van der Waals surface area contributed by atoms with Crippen molar-refractivity contribution in [2.24, 2.45) is 0 Å². The first kappa shape index (κ1) is 12.7. The number of carbonyl (C=O) groups excluding carboxylic acids is 1. The molecule has 0 aromatic carbocycles. The summed E-state index contributed by atoms with van der Waals surface area (Å²) in [5.41, 5.74) is -2.07. The van der Waals surface area contributed by atoms with Gasteiger partial charge in [-0.05, 0) is 32.4 Å². The van der Waals surface area contributed by atoms with Crippen molar-refractivity contribution >= 4 is 5.78 Å². The molecular weight excluding hydrogens is 224 g/mol. The number of rotatable bonds is 2. The third-order valence-electron chi connectivity index (χ3n) is 3.32. The molecule has 2 aliphatic rings. The maximum absolute atomic E-state index is 11.6. The number of ketones is 1. The standard InChI is InChI=1S/C12H18O5/c1-11(2,15)10-9(17-10)6-4-8(14)12(3,16)5-7(6)13/h4,7,9-10,13,15-16H,5H2,1-3H3/t7-,9+,10-,12+/m0/s1. The highest BCUT2D eigenvalue weighted by Crippen LogP contribution is 2.41. The van der Waals surface area contributed by atoms with Crippen molar-refractivity contribution in [2.75, 3.05) is 0 Å². The van der Waals surface area contributed by atoms with Crippen molar-refractivity contribution in [1.29, 1.82) is 0 Å². The van der Waals surface area contributed by atoms with Gasteiger partial charge < -0.3 is 20.1 Å². The largest absolute Gasteiger partial charge is 0.389 e. The van der Waals surface area contributed by atoms with Gasteiger partial charge in [-0.25, -0.2) is 0 Å². The van der Waals surface area contributed by atoms with Gasteiger partial charge in [0.25, 0.3) is 0 Å². The zero-order chi connectivity index (χ0) is 13.0. The second kappa shape index (κ2) is 3.62. The highest BCUT2D eigenvalue weighted by atomic mass is 16.6. The third-order valence-corrected chi connectivity index (χ3v) is 3.32. The summed E-state index contributed by atoms with van der Waals surface area (Å²) in [6.45, 7) is 4.61. The van der Waals surface area contributed by atoms with Crippen molar-refractivity contribution in [1.82, 2.24) is 0 Å². The van der Waals surface area contributed by atoms with Crippen molar-refractivity contribution in [3.8, 4) is 0 Å².